The van der Waals surface area contributed by atoms with E-state index in [1.54, 1.807) is 6.07 Å². The van der Waals surface area contributed by atoms with Crippen molar-refractivity contribution in [3.8, 4) is 0 Å². The normalized spacial score (nSPS) is 19.6. The molecule has 0 aromatic heterocycles. The van der Waals surface area contributed by atoms with Crippen LogP contribution in [-0.2, 0) is 15.9 Å². The molecule has 1 aromatic carbocycles. The second kappa shape index (κ2) is 6.69. The quantitative estimate of drug-likeness (QED) is 0.647. The summed E-state index contributed by atoms with van der Waals surface area (Å²) < 4.78 is 26.0. The van der Waals surface area contributed by atoms with E-state index < -0.39 is 7.12 Å². The van der Waals surface area contributed by atoms with Gasteiger partial charge in [-0.05, 0) is 52.2 Å². The Kier molecular flexibility index (Phi) is 5.31. The van der Waals surface area contributed by atoms with Crippen LogP contribution >= 0.6 is 0 Å². The van der Waals surface area contributed by atoms with Gasteiger partial charge in [0.15, 0.2) is 0 Å². The number of hydrogen-bond acceptors (Lipinski definition) is 3. The Hall–Kier alpha value is -0.905. The fourth-order valence-corrected chi connectivity index (χ4v) is 2.38. The molecule has 1 aliphatic heterocycles. The highest BCUT2D eigenvalue weighted by Crippen LogP contribution is 2.36. The monoisotopic (exact) mass is 307 g/mol. The summed E-state index contributed by atoms with van der Waals surface area (Å²) >= 11 is 0. The molecule has 1 heterocycles. The van der Waals surface area contributed by atoms with Crippen LogP contribution in [0.15, 0.2) is 18.2 Å². The van der Waals surface area contributed by atoms with Gasteiger partial charge in [-0.3, -0.25) is 0 Å². The van der Waals surface area contributed by atoms with Crippen LogP contribution in [0.4, 0.5) is 4.39 Å². The molecule has 1 aliphatic rings. The van der Waals surface area contributed by atoms with E-state index in [1.165, 1.54) is 6.07 Å². The molecule has 0 radical (unpaired) electrons. The third-order valence-corrected chi connectivity index (χ3v) is 4.62. The van der Waals surface area contributed by atoms with Crippen molar-refractivity contribution in [2.24, 2.45) is 0 Å². The standard InChI is InChI=1S/C17H27BFNO2/c1-6-7-10-20-12-13-11-14(8-9-15(13)19)18-21-16(2,3)17(4,5)22-18/h8-9,11,20H,6-7,10,12H2,1-5H3. The Morgan fingerprint density at radius 2 is 1.77 bits per heavy atom. The van der Waals surface area contributed by atoms with Crippen molar-refractivity contribution in [2.45, 2.75) is 65.2 Å². The minimum Gasteiger partial charge on any atom is -0.399 e. The molecule has 0 bridgehead atoms. The van der Waals surface area contributed by atoms with Crippen LogP contribution < -0.4 is 10.8 Å². The predicted octanol–water partition coefficient (Wildman–Crippen LogP) is 3.01. The molecule has 0 spiro atoms. The van der Waals surface area contributed by atoms with Gasteiger partial charge in [-0.2, -0.15) is 0 Å². The Balaban J connectivity index is 2.10. The molecule has 1 fully saturated rings. The zero-order chi connectivity index (χ0) is 16.4. The highest BCUT2D eigenvalue weighted by molar-refractivity contribution is 6.62. The summed E-state index contributed by atoms with van der Waals surface area (Å²) in [6, 6.07) is 5.08. The molecule has 0 atom stereocenters. The first-order chi connectivity index (χ1) is 10.3. The summed E-state index contributed by atoms with van der Waals surface area (Å²) in [4.78, 5) is 0. The fraction of sp³-hybridized carbons (Fsp3) is 0.647. The van der Waals surface area contributed by atoms with E-state index in [9.17, 15) is 4.39 Å². The van der Waals surface area contributed by atoms with E-state index in [-0.39, 0.29) is 17.0 Å². The highest BCUT2D eigenvalue weighted by atomic mass is 19.1. The molecule has 0 aliphatic carbocycles. The van der Waals surface area contributed by atoms with Crippen molar-refractivity contribution in [3.05, 3.63) is 29.6 Å². The summed E-state index contributed by atoms with van der Waals surface area (Å²) in [7, 11) is -0.444. The lowest BCUT2D eigenvalue weighted by Gasteiger charge is -2.32. The maximum atomic E-state index is 13.9. The van der Waals surface area contributed by atoms with Crippen molar-refractivity contribution in [3.63, 3.8) is 0 Å². The van der Waals surface area contributed by atoms with Crippen molar-refractivity contribution in [1.29, 1.82) is 0 Å². The first-order valence-electron chi connectivity index (χ1n) is 8.11. The highest BCUT2D eigenvalue weighted by Gasteiger charge is 2.51. The fourth-order valence-electron chi connectivity index (χ4n) is 2.38. The summed E-state index contributed by atoms with van der Waals surface area (Å²) in [6.45, 7) is 11.6. The van der Waals surface area contributed by atoms with E-state index in [2.05, 4.69) is 12.2 Å². The molecule has 1 aromatic rings. The largest absolute Gasteiger partial charge is 0.494 e. The Morgan fingerprint density at radius 3 is 2.36 bits per heavy atom. The van der Waals surface area contributed by atoms with Gasteiger partial charge in [0.25, 0.3) is 0 Å². The lowest BCUT2D eigenvalue weighted by molar-refractivity contribution is 0.00578. The third kappa shape index (κ3) is 3.70. The minimum absolute atomic E-state index is 0.190. The van der Waals surface area contributed by atoms with Crippen LogP contribution in [0.25, 0.3) is 0 Å². The number of hydrogen-bond donors (Lipinski definition) is 1. The topological polar surface area (TPSA) is 30.5 Å². The van der Waals surface area contributed by atoms with Gasteiger partial charge in [-0.15, -0.1) is 0 Å². The molecule has 1 saturated heterocycles. The maximum absolute atomic E-state index is 13.9. The first-order valence-corrected chi connectivity index (χ1v) is 8.11. The van der Waals surface area contributed by atoms with Gasteiger partial charge in [0.2, 0.25) is 0 Å². The van der Waals surface area contributed by atoms with Gasteiger partial charge < -0.3 is 14.6 Å². The van der Waals surface area contributed by atoms with Crippen molar-refractivity contribution in [1.82, 2.24) is 5.32 Å². The first kappa shape index (κ1) is 17.4. The zero-order valence-electron chi connectivity index (χ0n) is 14.3. The number of rotatable bonds is 6. The van der Waals surface area contributed by atoms with Crippen molar-refractivity contribution < 1.29 is 13.7 Å². The van der Waals surface area contributed by atoms with Crippen LogP contribution in [0.2, 0.25) is 0 Å². The zero-order valence-corrected chi connectivity index (χ0v) is 14.3. The lowest BCUT2D eigenvalue weighted by atomic mass is 9.78. The van der Waals surface area contributed by atoms with Crippen molar-refractivity contribution >= 4 is 12.6 Å². The van der Waals surface area contributed by atoms with Gasteiger partial charge in [0.05, 0.1) is 11.2 Å². The van der Waals surface area contributed by atoms with E-state index in [1.807, 2.05) is 33.8 Å². The summed E-state index contributed by atoms with van der Waals surface area (Å²) in [6.07, 6.45) is 2.22. The van der Waals surface area contributed by atoms with Crippen LogP contribution in [0.3, 0.4) is 0 Å². The number of benzene rings is 1. The SMILES string of the molecule is CCCCNCc1cc(B2OC(C)(C)C(C)(C)O2)ccc1F. The molecule has 2 rings (SSSR count). The van der Waals surface area contributed by atoms with Gasteiger partial charge in [-0.25, -0.2) is 4.39 Å². The molecular formula is C17H27BFNO2. The number of halogens is 1. The van der Waals surface area contributed by atoms with Crippen LogP contribution in [0, 0.1) is 5.82 Å². The average Bonchev–Trinajstić information content (AvgIpc) is 2.65. The summed E-state index contributed by atoms with van der Waals surface area (Å²) in [5, 5.41) is 3.27. The van der Waals surface area contributed by atoms with Crippen LogP contribution in [0.1, 0.15) is 53.0 Å². The average molecular weight is 307 g/mol. The van der Waals surface area contributed by atoms with Gasteiger partial charge >= 0.3 is 7.12 Å². The molecule has 1 N–H and O–H groups in total. The maximum Gasteiger partial charge on any atom is 0.494 e. The Labute approximate surface area is 133 Å². The molecule has 3 nitrogen and oxygen atoms in total. The predicted molar refractivity (Wildman–Crippen MR) is 88.7 cm³/mol. The van der Waals surface area contributed by atoms with Crippen LogP contribution in [-0.4, -0.2) is 24.9 Å². The molecule has 122 valence electrons. The van der Waals surface area contributed by atoms with Gasteiger partial charge in [0.1, 0.15) is 5.82 Å². The summed E-state index contributed by atoms with van der Waals surface area (Å²) in [5.74, 6) is -0.190. The van der Waals surface area contributed by atoms with E-state index in [4.69, 9.17) is 9.31 Å². The molecular weight excluding hydrogens is 280 g/mol. The molecule has 0 amide bonds. The Morgan fingerprint density at radius 1 is 1.14 bits per heavy atom. The molecule has 0 unspecified atom stereocenters. The van der Waals surface area contributed by atoms with Gasteiger partial charge in [-0.1, -0.05) is 25.5 Å². The molecule has 5 heteroatoms. The third-order valence-electron chi connectivity index (χ3n) is 4.62. The second-order valence-corrected chi connectivity index (χ2v) is 6.97. The molecule has 0 saturated carbocycles. The van der Waals surface area contributed by atoms with E-state index in [0.717, 1.165) is 24.8 Å². The number of nitrogens with one attached hydrogen (secondary N) is 1. The van der Waals surface area contributed by atoms with Crippen LogP contribution in [0.5, 0.6) is 0 Å². The van der Waals surface area contributed by atoms with Gasteiger partial charge in [0, 0.05) is 12.1 Å². The van der Waals surface area contributed by atoms with E-state index in [0.29, 0.717) is 12.1 Å². The molecule has 22 heavy (non-hydrogen) atoms. The van der Waals surface area contributed by atoms with Crippen molar-refractivity contribution in [2.75, 3.05) is 6.54 Å². The summed E-state index contributed by atoms with van der Waals surface area (Å²) in [5.41, 5.74) is 0.757. The smallest absolute Gasteiger partial charge is 0.399 e. The minimum atomic E-state index is -0.444. The number of unbranched alkanes of at least 4 members (excludes halogenated alkanes) is 1. The lowest BCUT2D eigenvalue weighted by Crippen LogP contribution is -2.41. The van der Waals surface area contributed by atoms with E-state index >= 15 is 0 Å². The Bertz CT molecular complexity index is 503. The second-order valence-electron chi connectivity index (χ2n) is 6.97.